The van der Waals surface area contributed by atoms with Crippen molar-refractivity contribution in [3.63, 3.8) is 0 Å². The van der Waals surface area contributed by atoms with E-state index in [0.29, 0.717) is 10.0 Å². The summed E-state index contributed by atoms with van der Waals surface area (Å²) < 4.78 is 0. The van der Waals surface area contributed by atoms with E-state index >= 15 is 0 Å². The minimum Gasteiger partial charge on any atom is -0.391 e. The molecule has 0 aliphatic carbocycles. The summed E-state index contributed by atoms with van der Waals surface area (Å²) in [5, 5.41) is 6.05. The van der Waals surface area contributed by atoms with Gasteiger partial charge in [-0.05, 0) is 43.3 Å². The average Bonchev–Trinajstić information content (AvgIpc) is 2.63. The molecule has 0 unspecified atom stereocenters. The Bertz CT molecular complexity index is 897. The lowest BCUT2D eigenvalue weighted by Gasteiger charge is -2.03. The van der Waals surface area contributed by atoms with E-state index in [9.17, 15) is 0 Å². The van der Waals surface area contributed by atoms with E-state index in [-0.39, 0.29) is 6.61 Å². The number of rotatable bonds is 6. The molecular formula is C20H16Cl2N2OS. The normalized spacial score (nSPS) is 11.0. The Morgan fingerprint density at radius 2 is 1.88 bits per heavy atom. The summed E-state index contributed by atoms with van der Waals surface area (Å²) in [6.45, 7) is 2.35. The molecular weight excluding hydrogens is 387 g/mol. The molecule has 26 heavy (non-hydrogen) atoms. The van der Waals surface area contributed by atoms with Crippen molar-refractivity contribution in [3.05, 3.63) is 87.5 Å². The Hall–Kier alpha value is -2.01. The van der Waals surface area contributed by atoms with Gasteiger partial charge in [-0.1, -0.05) is 63.9 Å². The molecule has 1 heterocycles. The SMILES string of the molecule is Cc1ccc(Sc2ccc(/C=N/OCc3ccc(Cl)cc3Cl)cn2)cc1. The second-order valence-corrected chi connectivity index (χ2v) is 7.53. The van der Waals surface area contributed by atoms with Crippen molar-refractivity contribution in [3.8, 4) is 0 Å². The van der Waals surface area contributed by atoms with Gasteiger partial charge in [-0.3, -0.25) is 0 Å². The van der Waals surface area contributed by atoms with Crippen LogP contribution in [0.25, 0.3) is 0 Å². The molecule has 0 aliphatic heterocycles. The summed E-state index contributed by atoms with van der Waals surface area (Å²) in [4.78, 5) is 10.9. The van der Waals surface area contributed by atoms with Crippen molar-refractivity contribution in [2.45, 2.75) is 23.5 Å². The lowest BCUT2D eigenvalue weighted by molar-refractivity contribution is 0.132. The Morgan fingerprint density at radius 3 is 2.58 bits per heavy atom. The quantitative estimate of drug-likeness (QED) is 0.353. The van der Waals surface area contributed by atoms with Gasteiger partial charge in [0.1, 0.15) is 11.6 Å². The molecule has 2 aromatic carbocycles. The highest BCUT2D eigenvalue weighted by Gasteiger charge is 2.02. The molecule has 0 saturated carbocycles. The standard InChI is InChI=1S/C20H16Cl2N2OS/c1-14-2-7-18(8-3-14)26-20-9-4-15(11-23-20)12-24-25-13-16-5-6-17(21)10-19(16)22/h2-12H,13H2,1H3/b24-12+. The van der Waals surface area contributed by atoms with E-state index in [4.69, 9.17) is 28.0 Å². The van der Waals surface area contributed by atoms with Crippen LogP contribution < -0.4 is 0 Å². The highest BCUT2D eigenvalue weighted by molar-refractivity contribution is 7.99. The number of halogens is 2. The summed E-state index contributed by atoms with van der Waals surface area (Å²) in [7, 11) is 0. The van der Waals surface area contributed by atoms with Crippen molar-refractivity contribution in [2.75, 3.05) is 0 Å². The van der Waals surface area contributed by atoms with Crippen LogP contribution in [0.5, 0.6) is 0 Å². The summed E-state index contributed by atoms with van der Waals surface area (Å²) in [5.41, 5.74) is 2.94. The number of pyridine rings is 1. The van der Waals surface area contributed by atoms with Gasteiger partial charge in [0.05, 0.1) is 6.21 Å². The van der Waals surface area contributed by atoms with Crippen LogP contribution in [0, 0.1) is 6.92 Å². The van der Waals surface area contributed by atoms with Gasteiger partial charge >= 0.3 is 0 Å². The zero-order chi connectivity index (χ0) is 18.4. The Morgan fingerprint density at radius 1 is 1.08 bits per heavy atom. The molecule has 0 bridgehead atoms. The summed E-state index contributed by atoms with van der Waals surface area (Å²) in [6, 6.07) is 17.5. The van der Waals surface area contributed by atoms with Crippen molar-refractivity contribution < 1.29 is 4.84 Å². The first-order valence-corrected chi connectivity index (χ1v) is 9.47. The van der Waals surface area contributed by atoms with Crippen LogP contribution in [0.15, 0.2) is 75.9 Å². The predicted octanol–water partition coefficient (Wildman–Crippen LogP) is 6.40. The van der Waals surface area contributed by atoms with Crippen LogP contribution in [0.3, 0.4) is 0 Å². The molecule has 1 aromatic heterocycles. The number of aryl methyl sites for hydroxylation is 1. The zero-order valence-corrected chi connectivity index (χ0v) is 16.4. The minimum absolute atomic E-state index is 0.279. The van der Waals surface area contributed by atoms with E-state index in [2.05, 4.69) is 41.3 Å². The predicted molar refractivity (Wildman–Crippen MR) is 108 cm³/mol. The average molecular weight is 403 g/mol. The third-order valence-electron chi connectivity index (χ3n) is 3.51. The number of hydrogen-bond acceptors (Lipinski definition) is 4. The number of hydrogen-bond donors (Lipinski definition) is 0. The van der Waals surface area contributed by atoms with E-state index in [0.717, 1.165) is 21.0 Å². The van der Waals surface area contributed by atoms with Gasteiger partial charge in [0.2, 0.25) is 0 Å². The van der Waals surface area contributed by atoms with E-state index < -0.39 is 0 Å². The molecule has 0 N–H and O–H groups in total. The monoisotopic (exact) mass is 402 g/mol. The van der Waals surface area contributed by atoms with Gasteiger partial charge in [-0.25, -0.2) is 4.98 Å². The summed E-state index contributed by atoms with van der Waals surface area (Å²) in [5.74, 6) is 0. The van der Waals surface area contributed by atoms with Crippen molar-refractivity contribution in [2.24, 2.45) is 5.16 Å². The Balaban J connectivity index is 1.53. The maximum absolute atomic E-state index is 6.09. The molecule has 132 valence electrons. The van der Waals surface area contributed by atoms with Crippen LogP contribution in [0.1, 0.15) is 16.7 Å². The Kier molecular flexibility index (Phi) is 6.56. The summed E-state index contributed by atoms with van der Waals surface area (Å²) >= 11 is 13.6. The first-order chi connectivity index (χ1) is 12.6. The third kappa shape index (κ3) is 5.49. The molecule has 0 spiro atoms. The van der Waals surface area contributed by atoms with Gasteiger partial charge < -0.3 is 4.84 Å². The minimum atomic E-state index is 0.279. The summed E-state index contributed by atoms with van der Waals surface area (Å²) in [6.07, 6.45) is 3.38. The van der Waals surface area contributed by atoms with Gasteiger partial charge in [-0.2, -0.15) is 0 Å². The Labute approximate surface area is 167 Å². The van der Waals surface area contributed by atoms with E-state index in [1.165, 1.54) is 5.56 Å². The lowest BCUT2D eigenvalue weighted by atomic mass is 10.2. The topological polar surface area (TPSA) is 34.5 Å². The van der Waals surface area contributed by atoms with E-state index in [1.54, 1.807) is 36.3 Å². The fraction of sp³-hybridized carbons (Fsp3) is 0.100. The highest BCUT2D eigenvalue weighted by atomic mass is 35.5. The molecule has 6 heteroatoms. The van der Waals surface area contributed by atoms with Gasteiger partial charge in [0, 0.05) is 32.3 Å². The molecule has 0 amide bonds. The van der Waals surface area contributed by atoms with Crippen molar-refractivity contribution in [1.29, 1.82) is 0 Å². The van der Waals surface area contributed by atoms with Crippen molar-refractivity contribution in [1.82, 2.24) is 4.98 Å². The van der Waals surface area contributed by atoms with Crippen LogP contribution in [0.4, 0.5) is 0 Å². The fourth-order valence-electron chi connectivity index (χ4n) is 2.10. The van der Waals surface area contributed by atoms with E-state index in [1.807, 2.05) is 18.2 Å². The number of oxime groups is 1. The molecule has 0 fully saturated rings. The zero-order valence-electron chi connectivity index (χ0n) is 14.0. The molecule has 0 aliphatic rings. The number of benzene rings is 2. The van der Waals surface area contributed by atoms with Gasteiger partial charge in [-0.15, -0.1) is 0 Å². The number of nitrogens with zero attached hydrogens (tertiary/aromatic N) is 2. The smallest absolute Gasteiger partial charge is 0.143 e. The fourth-order valence-corrected chi connectivity index (χ4v) is 3.32. The maximum Gasteiger partial charge on any atom is 0.143 e. The van der Waals surface area contributed by atoms with Crippen LogP contribution in [-0.2, 0) is 11.4 Å². The van der Waals surface area contributed by atoms with Gasteiger partial charge in [0.15, 0.2) is 0 Å². The largest absolute Gasteiger partial charge is 0.391 e. The molecule has 3 aromatic rings. The molecule has 3 rings (SSSR count). The van der Waals surface area contributed by atoms with Crippen molar-refractivity contribution >= 4 is 41.2 Å². The first kappa shape index (κ1) is 18.8. The molecule has 0 radical (unpaired) electrons. The first-order valence-electron chi connectivity index (χ1n) is 7.90. The molecule has 0 saturated heterocycles. The van der Waals surface area contributed by atoms with Crippen LogP contribution in [0.2, 0.25) is 10.0 Å². The molecule has 3 nitrogen and oxygen atoms in total. The second kappa shape index (κ2) is 9.08. The van der Waals surface area contributed by atoms with Gasteiger partial charge in [0.25, 0.3) is 0 Å². The third-order valence-corrected chi connectivity index (χ3v) is 5.06. The van der Waals surface area contributed by atoms with Crippen LogP contribution >= 0.6 is 35.0 Å². The number of aromatic nitrogens is 1. The highest BCUT2D eigenvalue weighted by Crippen LogP contribution is 2.26. The lowest BCUT2D eigenvalue weighted by Crippen LogP contribution is -1.90. The molecule has 0 atom stereocenters. The second-order valence-electron chi connectivity index (χ2n) is 5.59. The van der Waals surface area contributed by atoms with Crippen LogP contribution in [-0.4, -0.2) is 11.2 Å². The maximum atomic E-state index is 6.09.